The molecule has 27 heavy (non-hydrogen) atoms. The van der Waals surface area contributed by atoms with Gasteiger partial charge in [0.05, 0.1) is 0 Å². The second kappa shape index (κ2) is 7.65. The molecule has 4 rings (SSSR count). The van der Waals surface area contributed by atoms with E-state index in [1.54, 1.807) is 0 Å². The second-order valence-corrected chi connectivity index (χ2v) is 7.56. The van der Waals surface area contributed by atoms with Crippen LogP contribution >= 0.6 is 11.6 Å². The number of hydrogen-bond acceptors (Lipinski definition) is 2. The summed E-state index contributed by atoms with van der Waals surface area (Å²) in [6.07, 6.45) is 3.43. The lowest BCUT2D eigenvalue weighted by Crippen LogP contribution is -2.48. The molecule has 0 spiro atoms. The Morgan fingerprint density at radius 1 is 1.00 bits per heavy atom. The number of piperazine rings is 1. The molecule has 1 amide bonds. The van der Waals surface area contributed by atoms with E-state index >= 15 is 0 Å². The first-order valence-corrected chi connectivity index (χ1v) is 9.81. The number of carbonyl (C=O) groups is 1. The molecule has 1 aliphatic rings. The van der Waals surface area contributed by atoms with Gasteiger partial charge in [-0.1, -0.05) is 23.7 Å². The van der Waals surface area contributed by atoms with Crippen molar-refractivity contribution in [1.29, 1.82) is 0 Å². The Labute approximate surface area is 164 Å². The highest BCUT2D eigenvalue weighted by atomic mass is 35.5. The summed E-state index contributed by atoms with van der Waals surface area (Å²) >= 11 is 5.97. The van der Waals surface area contributed by atoms with Gasteiger partial charge in [0.25, 0.3) is 0 Å². The van der Waals surface area contributed by atoms with Crippen LogP contribution in [-0.2, 0) is 18.3 Å². The van der Waals surface area contributed by atoms with E-state index < -0.39 is 0 Å². The van der Waals surface area contributed by atoms with Crippen LogP contribution in [0.15, 0.2) is 54.7 Å². The molecule has 1 fully saturated rings. The summed E-state index contributed by atoms with van der Waals surface area (Å²) in [7, 11) is 2.05. The molecule has 4 nitrogen and oxygen atoms in total. The second-order valence-electron chi connectivity index (χ2n) is 7.12. The van der Waals surface area contributed by atoms with Gasteiger partial charge in [0, 0.05) is 67.5 Å². The standard InChI is InChI=1S/C22H24ClN3O/c1-24-12-11-20-17(3-2-4-21(20)24)5-10-22(27)26-15-13-25(14-16-26)19-8-6-18(23)7-9-19/h2-4,6-9,11-12H,5,10,13-16H2,1H3. The number of rotatable bonds is 4. The Kier molecular flexibility index (Phi) is 5.08. The molecule has 2 aromatic carbocycles. The maximum absolute atomic E-state index is 12.7. The third-order valence-electron chi connectivity index (χ3n) is 5.45. The number of fused-ring (bicyclic) bond motifs is 1. The quantitative estimate of drug-likeness (QED) is 0.680. The maximum Gasteiger partial charge on any atom is 0.223 e. The fraction of sp³-hybridized carbons (Fsp3) is 0.318. The fourth-order valence-electron chi connectivity index (χ4n) is 3.85. The average Bonchev–Trinajstić information content (AvgIpc) is 3.08. The van der Waals surface area contributed by atoms with E-state index in [4.69, 9.17) is 11.6 Å². The number of carbonyl (C=O) groups excluding carboxylic acids is 1. The molecule has 0 unspecified atom stereocenters. The minimum Gasteiger partial charge on any atom is -0.368 e. The fourth-order valence-corrected chi connectivity index (χ4v) is 3.98. The summed E-state index contributed by atoms with van der Waals surface area (Å²) in [5, 5.41) is 2.00. The summed E-state index contributed by atoms with van der Waals surface area (Å²) < 4.78 is 2.12. The molecule has 0 bridgehead atoms. The molecule has 3 aromatic rings. The first-order valence-electron chi connectivity index (χ1n) is 9.43. The van der Waals surface area contributed by atoms with Crippen LogP contribution in [0.4, 0.5) is 5.69 Å². The van der Waals surface area contributed by atoms with Crippen molar-refractivity contribution in [3.63, 3.8) is 0 Å². The number of halogens is 1. The predicted octanol–water partition coefficient (Wildman–Crippen LogP) is 4.11. The summed E-state index contributed by atoms with van der Waals surface area (Å²) in [6.45, 7) is 3.28. The molecule has 140 valence electrons. The highest BCUT2D eigenvalue weighted by Gasteiger charge is 2.21. The van der Waals surface area contributed by atoms with Crippen LogP contribution in [0.3, 0.4) is 0 Å². The van der Waals surface area contributed by atoms with Crippen molar-refractivity contribution in [3.05, 3.63) is 65.3 Å². The molecule has 5 heteroatoms. The van der Waals surface area contributed by atoms with Crippen molar-refractivity contribution < 1.29 is 4.79 Å². The number of anilines is 1. The third-order valence-corrected chi connectivity index (χ3v) is 5.70. The zero-order valence-electron chi connectivity index (χ0n) is 15.6. The lowest BCUT2D eigenvalue weighted by molar-refractivity contribution is -0.131. The molecule has 2 heterocycles. The minimum absolute atomic E-state index is 0.249. The average molecular weight is 382 g/mol. The van der Waals surface area contributed by atoms with Crippen LogP contribution in [0.2, 0.25) is 5.02 Å². The molecule has 1 saturated heterocycles. The Hall–Kier alpha value is -2.46. The van der Waals surface area contributed by atoms with E-state index in [9.17, 15) is 4.79 Å². The van der Waals surface area contributed by atoms with Gasteiger partial charge in [0.15, 0.2) is 0 Å². The van der Waals surface area contributed by atoms with Crippen molar-refractivity contribution in [2.24, 2.45) is 7.05 Å². The number of aromatic nitrogens is 1. The minimum atomic E-state index is 0.249. The lowest BCUT2D eigenvalue weighted by Gasteiger charge is -2.36. The van der Waals surface area contributed by atoms with E-state index in [0.29, 0.717) is 6.42 Å². The van der Waals surface area contributed by atoms with E-state index in [2.05, 4.69) is 47.0 Å². The van der Waals surface area contributed by atoms with Crippen LogP contribution in [-0.4, -0.2) is 41.6 Å². The van der Waals surface area contributed by atoms with Crippen molar-refractivity contribution in [1.82, 2.24) is 9.47 Å². The van der Waals surface area contributed by atoms with E-state index in [1.807, 2.05) is 29.2 Å². The maximum atomic E-state index is 12.7. The SMILES string of the molecule is Cn1ccc2c(CCC(=O)N3CCN(c4ccc(Cl)cc4)CC3)cccc21. The molecule has 0 aliphatic carbocycles. The third kappa shape index (κ3) is 3.81. The lowest BCUT2D eigenvalue weighted by atomic mass is 10.0. The molecular formula is C22H24ClN3O. The van der Waals surface area contributed by atoms with Gasteiger partial charge in [0.2, 0.25) is 5.91 Å². The van der Waals surface area contributed by atoms with Crippen LogP contribution in [0.25, 0.3) is 10.9 Å². The number of benzene rings is 2. The van der Waals surface area contributed by atoms with Crippen molar-refractivity contribution in [2.75, 3.05) is 31.1 Å². The number of nitrogens with zero attached hydrogens (tertiary/aromatic N) is 3. The smallest absolute Gasteiger partial charge is 0.223 e. The van der Waals surface area contributed by atoms with Gasteiger partial charge in [-0.05, 0) is 48.4 Å². The van der Waals surface area contributed by atoms with Gasteiger partial charge in [-0.25, -0.2) is 0 Å². The Balaban J connectivity index is 1.33. The van der Waals surface area contributed by atoms with Crippen LogP contribution in [0.5, 0.6) is 0 Å². The first kappa shape index (κ1) is 17.9. The number of hydrogen-bond donors (Lipinski definition) is 0. The van der Waals surface area contributed by atoms with Gasteiger partial charge in [-0.2, -0.15) is 0 Å². The topological polar surface area (TPSA) is 28.5 Å². The largest absolute Gasteiger partial charge is 0.368 e. The van der Waals surface area contributed by atoms with Gasteiger partial charge in [-0.3, -0.25) is 4.79 Å². The highest BCUT2D eigenvalue weighted by Crippen LogP contribution is 2.22. The van der Waals surface area contributed by atoms with Crippen molar-refractivity contribution >= 4 is 34.1 Å². The predicted molar refractivity (Wildman–Crippen MR) is 111 cm³/mol. The zero-order chi connectivity index (χ0) is 18.8. The molecule has 0 radical (unpaired) electrons. The van der Waals surface area contributed by atoms with Gasteiger partial charge < -0.3 is 14.4 Å². The zero-order valence-corrected chi connectivity index (χ0v) is 16.3. The summed E-state index contributed by atoms with van der Waals surface area (Å²) in [6, 6.07) is 16.4. The summed E-state index contributed by atoms with van der Waals surface area (Å²) in [5.74, 6) is 0.249. The van der Waals surface area contributed by atoms with Gasteiger partial charge in [-0.15, -0.1) is 0 Å². The summed E-state index contributed by atoms with van der Waals surface area (Å²) in [5.41, 5.74) is 3.64. The highest BCUT2D eigenvalue weighted by molar-refractivity contribution is 6.30. The Morgan fingerprint density at radius 2 is 1.74 bits per heavy atom. The van der Waals surface area contributed by atoms with E-state index in [1.165, 1.54) is 22.2 Å². The Bertz CT molecular complexity index is 940. The molecule has 0 atom stereocenters. The van der Waals surface area contributed by atoms with E-state index in [0.717, 1.165) is 37.6 Å². The normalized spacial score (nSPS) is 14.7. The molecule has 0 saturated carbocycles. The monoisotopic (exact) mass is 381 g/mol. The molecule has 1 aromatic heterocycles. The molecule has 0 N–H and O–H groups in total. The van der Waals surface area contributed by atoms with Crippen LogP contribution < -0.4 is 4.90 Å². The van der Waals surface area contributed by atoms with Crippen molar-refractivity contribution in [3.8, 4) is 0 Å². The van der Waals surface area contributed by atoms with Crippen molar-refractivity contribution in [2.45, 2.75) is 12.8 Å². The Morgan fingerprint density at radius 3 is 2.48 bits per heavy atom. The van der Waals surface area contributed by atoms with E-state index in [-0.39, 0.29) is 5.91 Å². The summed E-state index contributed by atoms with van der Waals surface area (Å²) in [4.78, 5) is 17.0. The van der Waals surface area contributed by atoms with Crippen LogP contribution in [0.1, 0.15) is 12.0 Å². The number of aryl methyl sites for hydroxylation is 2. The molecular weight excluding hydrogens is 358 g/mol. The molecule has 1 aliphatic heterocycles. The number of amides is 1. The first-order chi connectivity index (χ1) is 13.1. The van der Waals surface area contributed by atoms with Crippen LogP contribution in [0, 0.1) is 0 Å². The van der Waals surface area contributed by atoms with Gasteiger partial charge in [0.1, 0.15) is 0 Å². The van der Waals surface area contributed by atoms with Gasteiger partial charge >= 0.3 is 0 Å².